The van der Waals surface area contributed by atoms with E-state index in [9.17, 15) is 0 Å². The van der Waals surface area contributed by atoms with E-state index in [0.29, 0.717) is 6.10 Å². The lowest BCUT2D eigenvalue weighted by Crippen LogP contribution is -2.36. The van der Waals surface area contributed by atoms with Gasteiger partial charge >= 0.3 is 0 Å². The topological polar surface area (TPSA) is 38.5 Å². The van der Waals surface area contributed by atoms with Crippen molar-refractivity contribution in [3.8, 4) is 0 Å². The number of anilines is 1. The van der Waals surface area contributed by atoms with Crippen molar-refractivity contribution in [2.24, 2.45) is 0 Å². The number of benzene rings is 1. The van der Waals surface area contributed by atoms with Crippen LogP contribution in [0.5, 0.6) is 0 Å². The highest BCUT2D eigenvalue weighted by Crippen LogP contribution is 2.16. The third-order valence-electron chi connectivity index (χ3n) is 3.23. The van der Waals surface area contributed by atoms with Gasteiger partial charge in [-0.2, -0.15) is 0 Å². The molecule has 0 aromatic heterocycles. The van der Waals surface area contributed by atoms with Crippen LogP contribution in [0.1, 0.15) is 18.4 Å². The molecule has 1 aliphatic heterocycles. The minimum Gasteiger partial charge on any atom is -0.399 e. The molecule has 3 heteroatoms. The average Bonchev–Trinajstić information content (AvgIpc) is 2.30. The Balaban J connectivity index is 1.87. The number of hydrogen-bond acceptors (Lipinski definition) is 3. The molecule has 88 valence electrons. The van der Waals surface area contributed by atoms with Crippen LogP contribution in [0.4, 0.5) is 5.69 Å². The van der Waals surface area contributed by atoms with E-state index in [4.69, 9.17) is 10.5 Å². The monoisotopic (exact) mass is 220 g/mol. The van der Waals surface area contributed by atoms with Crippen LogP contribution >= 0.6 is 0 Å². The van der Waals surface area contributed by atoms with Crippen molar-refractivity contribution in [1.82, 2.24) is 4.90 Å². The smallest absolute Gasteiger partial charge is 0.0595 e. The molecule has 0 atom stereocenters. The summed E-state index contributed by atoms with van der Waals surface area (Å²) < 4.78 is 5.36. The molecule has 0 amide bonds. The van der Waals surface area contributed by atoms with Gasteiger partial charge in [0, 0.05) is 32.4 Å². The van der Waals surface area contributed by atoms with Gasteiger partial charge in [0.1, 0.15) is 0 Å². The molecule has 0 saturated carbocycles. The predicted molar refractivity (Wildman–Crippen MR) is 66.2 cm³/mol. The third-order valence-corrected chi connectivity index (χ3v) is 3.23. The van der Waals surface area contributed by atoms with Crippen molar-refractivity contribution >= 4 is 5.69 Å². The number of likely N-dealkylation sites (tertiary alicyclic amines) is 1. The summed E-state index contributed by atoms with van der Waals surface area (Å²) in [6.45, 7) is 3.24. The molecule has 1 heterocycles. The summed E-state index contributed by atoms with van der Waals surface area (Å²) >= 11 is 0. The molecule has 2 rings (SSSR count). The van der Waals surface area contributed by atoms with Crippen LogP contribution in [0.15, 0.2) is 24.3 Å². The van der Waals surface area contributed by atoms with Gasteiger partial charge in [-0.15, -0.1) is 0 Å². The van der Waals surface area contributed by atoms with E-state index in [1.165, 1.54) is 5.56 Å². The Morgan fingerprint density at radius 2 is 2.12 bits per heavy atom. The first kappa shape index (κ1) is 11.4. The second-order valence-corrected chi connectivity index (χ2v) is 4.46. The summed E-state index contributed by atoms with van der Waals surface area (Å²) in [6.07, 6.45) is 2.73. The van der Waals surface area contributed by atoms with E-state index >= 15 is 0 Å². The van der Waals surface area contributed by atoms with Gasteiger partial charge in [0.2, 0.25) is 0 Å². The van der Waals surface area contributed by atoms with Crippen molar-refractivity contribution in [3.63, 3.8) is 0 Å². The summed E-state index contributed by atoms with van der Waals surface area (Å²) in [5.74, 6) is 0. The number of nitrogens with zero attached hydrogens (tertiary/aromatic N) is 1. The van der Waals surface area contributed by atoms with Crippen LogP contribution < -0.4 is 5.73 Å². The maximum absolute atomic E-state index is 5.77. The Labute approximate surface area is 97.2 Å². The number of hydrogen-bond donors (Lipinski definition) is 1. The zero-order valence-electron chi connectivity index (χ0n) is 9.86. The van der Waals surface area contributed by atoms with Crippen LogP contribution in [-0.2, 0) is 11.3 Å². The molecular formula is C13H20N2O. The number of rotatable bonds is 3. The zero-order valence-corrected chi connectivity index (χ0v) is 9.86. The molecular weight excluding hydrogens is 200 g/mol. The van der Waals surface area contributed by atoms with Crippen LogP contribution in [0, 0.1) is 0 Å². The molecule has 16 heavy (non-hydrogen) atoms. The van der Waals surface area contributed by atoms with Gasteiger partial charge in [0.05, 0.1) is 6.10 Å². The maximum atomic E-state index is 5.77. The summed E-state index contributed by atoms with van der Waals surface area (Å²) in [5.41, 5.74) is 7.92. The van der Waals surface area contributed by atoms with Crippen molar-refractivity contribution in [3.05, 3.63) is 29.8 Å². The van der Waals surface area contributed by atoms with Crippen LogP contribution in [0.25, 0.3) is 0 Å². The molecule has 0 aliphatic carbocycles. The van der Waals surface area contributed by atoms with Gasteiger partial charge in [-0.25, -0.2) is 0 Å². The van der Waals surface area contributed by atoms with Gasteiger partial charge in [0.15, 0.2) is 0 Å². The largest absolute Gasteiger partial charge is 0.399 e. The quantitative estimate of drug-likeness (QED) is 0.790. The molecule has 1 saturated heterocycles. The fourth-order valence-corrected chi connectivity index (χ4v) is 2.25. The molecule has 0 spiro atoms. The Bertz CT molecular complexity index is 332. The summed E-state index contributed by atoms with van der Waals surface area (Å²) in [4.78, 5) is 2.46. The number of methoxy groups -OCH3 is 1. The lowest BCUT2D eigenvalue weighted by Gasteiger charge is -2.31. The first-order chi connectivity index (χ1) is 7.78. The van der Waals surface area contributed by atoms with E-state index in [0.717, 1.165) is 38.2 Å². The van der Waals surface area contributed by atoms with Crippen molar-refractivity contribution in [2.75, 3.05) is 25.9 Å². The molecule has 0 radical (unpaired) electrons. The van der Waals surface area contributed by atoms with E-state index in [-0.39, 0.29) is 0 Å². The van der Waals surface area contributed by atoms with E-state index in [1.54, 1.807) is 7.11 Å². The molecule has 1 aromatic carbocycles. The van der Waals surface area contributed by atoms with Crippen molar-refractivity contribution in [1.29, 1.82) is 0 Å². The summed E-state index contributed by atoms with van der Waals surface area (Å²) in [7, 11) is 1.80. The fourth-order valence-electron chi connectivity index (χ4n) is 2.25. The van der Waals surface area contributed by atoms with Gasteiger partial charge < -0.3 is 10.5 Å². The Morgan fingerprint density at radius 3 is 2.75 bits per heavy atom. The first-order valence-corrected chi connectivity index (χ1v) is 5.87. The SMILES string of the molecule is COC1CCN(Cc2cccc(N)c2)CC1. The lowest BCUT2D eigenvalue weighted by atomic mass is 10.1. The lowest BCUT2D eigenvalue weighted by molar-refractivity contribution is 0.0389. The van der Waals surface area contributed by atoms with Gasteiger partial charge in [-0.3, -0.25) is 4.90 Å². The van der Waals surface area contributed by atoms with Gasteiger partial charge in [-0.1, -0.05) is 12.1 Å². The van der Waals surface area contributed by atoms with Crippen molar-refractivity contribution < 1.29 is 4.74 Å². The standard InChI is InChI=1S/C13H20N2O/c1-16-13-5-7-15(8-6-13)10-11-3-2-4-12(14)9-11/h2-4,9,13H,5-8,10,14H2,1H3. The normalized spacial score (nSPS) is 18.8. The fraction of sp³-hybridized carbons (Fsp3) is 0.538. The highest BCUT2D eigenvalue weighted by molar-refractivity contribution is 5.40. The van der Waals surface area contributed by atoms with Gasteiger partial charge in [0.25, 0.3) is 0 Å². The molecule has 1 aromatic rings. The number of nitrogen functional groups attached to an aromatic ring is 1. The molecule has 1 aliphatic rings. The highest BCUT2D eigenvalue weighted by Gasteiger charge is 2.18. The average molecular weight is 220 g/mol. The summed E-state index contributed by atoms with van der Waals surface area (Å²) in [6, 6.07) is 8.15. The minimum atomic E-state index is 0.456. The third kappa shape index (κ3) is 2.97. The van der Waals surface area contributed by atoms with Crippen LogP contribution in [0.3, 0.4) is 0 Å². The Morgan fingerprint density at radius 1 is 1.38 bits per heavy atom. The minimum absolute atomic E-state index is 0.456. The number of piperidine rings is 1. The zero-order chi connectivity index (χ0) is 11.4. The predicted octanol–water partition coefficient (Wildman–Crippen LogP) is 1.88. The van der Waals surface area contributed by atoms with E-state index in [1.807, 2.05) is 12.1 Å². The first-order valence-electron chi connectivity index (χ1n) is 5.87. The Hall–Kier alpha value is -1.06. The molecule has 1 fully saturated rings. The van der Waals surface area contributed by atoms with E-state index < -0.39 is 0 Å². The second kappa shape index (κ2) is 5.32. The van der Waals surface area contributed by atoms with Crippen LogP contribution in [-0.4, -0.2) is 31.2 Å². The van der Waals surface area contributed by atoms with Crippen molar-refractivity contribution in [2.45, 2.75) is 25.5 Å². The van der Waals surface area contributed by atoms with Gasteiger partial charge in [-0.05, 0) is 30.5 Å². The van der Waals surface area contributed by atoms with E-state index in [2.05, 4.69) is 17.0 Å². The van der Waals surface area contributed by atoms with Crippen LogP contribution in [0.2, 0.25) is 0 Å². The number of ether oxygens (including phenoxy) is 1. The molecule has 3 nitrogen and oxygen atoms in total. The molecule has 2 N–H and O–H groups in total. The Kier molecular flexibility index (Phi) is 3.80. The molecule has 0 bridgehead atoms. The highest BCUT2D eigenvalue weighted by atomic mass is 16.5. The second-order valence-electron chi connectivity index (χ2n) is 4.46. The summed E-state index contributed by atoms with van der Waals surface area (Å²) in [5, 5.41) is 0. The maximum Gasteiger partial charge on any atom is 0.0595 e. The number of nitrogens with two attached hydrogens (primary N) is 1. The molecule has 0 unspecified atom stereocenters.